The third kappa shape index (κ3) is 2.74. The summed E-state index contributed by atoms with van der Waals surface area (Å²) >= 11 is 0. The molecule has 2 heterocycles. The molecule has 22 heavy (non-hydrogen) atoms. The maximum Gasteiger partial charge on any atom is 0.240 e. The first kappa shape index (κ1) is 14.4. The lowest BCUT2D eigenvalue weighted by Crippen LogP contribution is -2.32. The number of hydrogen-bond acceptors (Lipinski definition) is 4. The molecule has 0 spiro atoms. The van der Waals surface area contributed by atoms with Gasteiger partial charge in [0.2, 0.25) is 17.8 Å². The van der Waals surface area contributed by atoms with Gasteiger partial charge in [-0.15, -0.1) is 0 Å². The van der Waals surface area contributed by atoms with E-state index in [0.717, 1.165) is 21.9 Å². The number of amides is 2. The summed E-state index contributed by atoms with van der Waals surface area (Å²) in [4.78, 5) is 34.4. The van der Waals surface area contributed by atoms with Crippen molar-refractivity contribution in [3.8, 4) is 0 Å². The Morgan fingerprint density at radius 3 is 2.36 bits per heavy atom. The number of aryl methyl sites for hydroxylation is 2. The van der Waals surface area contributed by atoms with Crippen LogP contribution >= 0.6 is 0 Å². The molecule has 2 aromatic rings. The summed E-state index contributed by atoms with van der Waals surface area (Å²) in [7, 11) is 0. The number of carbonyl (C=O) groups excluding carboxylic acids is 2. The monoisotopic (exact) mass is 295 g/mol. The smallest absolute Gasteiger partial charge is 0.240 e. The van der Waals surface area contributed by atoms with Crippen LogP contribution < -0.4 is 4.90 Å². The number of hydrogen-bond donors (Lipinski definition) is 0. The van der Waals surface area contributed by atoms with Gasteiger partial charge < -0.3 is 0 Å². The van der Waals surface area contributed by atoms with Gasteiger partial charge in [-0.3, -0.25) is 9.59 Å². The van der Waals surface area contributed by atoms with Gasteiger partial charge >= 0.3 is 0 Å². The van der Waals surface area contributed by atoms with E-state index >= 15 is 0 Å². The molecule has 1 aromatic carbocycles. The standard InChI is InChI=1S/C17H17N3O2/c1-11-8-12(2)19-17(18-11)20-15(21)10-14(16(20)22)9-13-6-4-3-5-7-13/h3-8,14H,9-10H2,1-2H3. The molecule has 1 aliphatic heterocycles. The summed E-state index contributed by atoms with van der Waals surface area (Å²) in [6.45, 7) is 3.65. The molecule has 1 fully saturated rings. The molecular weight excluding hydrogens is 278 g/mol. The first-order valence-electron chi connectivity index (χ1n) is 7.27. The van der Waals surface area contributed by atoms with Gasteiger partial charge in [-0.25, -0.2) is 14.9 Å². The van der Waals surface area contributed by atoms with Crippen molar-refractivity contribution in [3.63, 3.8) is 0 Å². The number of carbonyl (C=O) groups is 2. The molecule has 5 heteroatoms. The Labute approximate surface area is 129 Å². The van der Waals surface area contributed by atoms with Crippen LogP contribution in [0.25, 0.3) is 0 Å². The van der Waals surface area contributed by atoms with Crippen LogP contribution in [0.1, 0.15) is 23.4 Å². The Morgan fingerprint density at radius 2 is 1.73 bits per heavy atom. The van der Waals surface area contributed by atoms with Crippen molar-refractivity contribution in [2.24, 2.45) is 5.92 Å². The Morgan fingerprint density at radius 1 is 1.09 bits per heavy atom. The summed E-state index contributed by atoms with van der Waals surface area (Å²) in [6, 6.07) is 11.5. The normalized spacial score (nSPS) is 18.1. The molecule has 1 atom stereocenters. The van der Waals surface area contributed by atoms with Crippen molar-refractivity contribution >= 4 is 17.8 Å². The number of anilines is 1. The van der Waals surface area contributed by atoms with E-state index in [9.17, 15) is 9.59 Å². The molecule has 112 valence electrons. The minimum Gasteiger partial charge on any atom is -0.274 e. The van der Waals surface area contributed by atoms with Gasteiger partial charge in [0, 0.05) is 17.8 Å². The van der Waals surface area contributed by atoms with E-state index in [1.165, 1.54) is 0 Å². The first-order valence-corrected chi connectivity index (χ1v) is 7.27. The molecule has 0 radical (unpaired) electrons. The predicted octanol–water partition coefficient (Wildman–Crippen LogP) is 2.22. The second-order valence-corrected chi connectivity index (χ2v) is 5.61. The van der Waals surface area contributed by atoms with Crippen molar-refractivity contribution in [3.05, 3.63) is 53.3 Å². The van der Waals surface area contributed by atoms with Gasteiger partial charge in [-0.2, -0.15) is 0 Å². The van der Waals surface area contributed by atoms with Gasteiger partial charge in [0.1, 0.15) is 0 Å². The highest BCUT2D eigenvalue weighted by Crippen LogP contribution is 2.26. The molecule has 5 nitrogen and oxygen atoms in total. The SMILES string of the molecule is Cc1cc(C)nc(N2C(=O)CC(Cc3ccccc3)C2=O)n1. The molecule has 1 saturated heterocycles. The zero-order chi connectivity index (χ0) is 15.7. The second-order valence-electron chi connectivity index (χ2n) is 5.61. The van der Waals surface area contributed by atoms with E-state index in [4.69, 9.17) is 0 Å². The average molecular weight is 295 g/mol. The summed E-state index contributed by atoms with van der Waals surface area (Å²) in [5, 5.41) is 0. The highest BCUT2D eigenvalue weighted by atomic mass is 16.2. The van der Waals surface area contributed by atoms with E-state index in [2.05, 4.69) is 9.97 Å². The summed E-state index contributed by atoms with van der Waals surface area (Å²) in [5.41, 5.74) is 2.54. The number of aromatic nitrogens is 2. The zero-order valence-electron chi connectivity index (χ0n) is 12.6. The first-order chi connectivity index (χ1) is 10.5. The second kappa shape index (κ2) is 5.67. The summed E-state index contributed by atoms with van der Waals surface area (Å²) in [5.74, 6) is -0.572. The summed E-state index contributed by atoms with van der Waals surface area (Å²) < 4.78 is 0. The van der Waals surface area contributed by atoms with Crippen molar-refractivity contribution in [1.29, 1.82) is 0 Å². The van der Waals surface area contributed by atoms with Crippen LogP contribution in [-0.4, -0.2) is 21.8 Å². The molecule has 0 N–H and O–H groups in total. The van der Waals surface area contributed by atoms with Gasteiger partial charge in [-0.1, -0.05) is 30.3 Å². The lowest BCUT2D eigenvalue weighted by Gasteiger charge is -2.14. The van der Waals surface area contributed by atoms with E-state index in [1.807, 2.05) is 50.2 Å². The Hall–Kier alpha value is -2.56. The Balaban J connectivity index is 1.85. The number of imide groups is 1. The highest BCUT2D eigenvalue weighted by Gasteiger charge is 2.40. The molecule has 2 amide bonds. The van der Waals surface area contributed by atoms with Crippen LogP contribution in [0, 0.1) is 19.8 Å². The molecule has 0 bridgehead atoms. The van der Waals surface area contributed by atoms with Crippen molar-refractivity contribution in [2.75, 3.05) is 4.90 Å². The van der Waals surface area contributed by atoms with Crippen molar-refractivity contribution in [2.45, 2.75) is 26.7 Å². The fraction of sp³-hybridized carbons (Fsp3) is 0.294. The average Bonchev–Trinajstić information content (AvgIpc) is 2.73. The minimum atomic E-state index is -0.334. The van der Waals surface area contributed by atoms with E-state index in [1.54, 1.807) is 0 Å². The van der Waals surface area contributed by atoms with Crippen LogP contribution in [0.2, 0.25) is 0 Å². The molecule has 1 unspecified atom stereocenters. The number of rotatable bonds is 3. The maximum atomic E-state index is 12.6. The highest BCUT2D eigenvalue weighted by molar-refractivity contribution is 6.20. The van der Waals surface area contributed by atoms with Crippen molar-refractivity contribution < 1.29 is 9.59 Å². The third-order valence-electron chi connectivity index (χ3n) is 3.74. The molecule has 3 rings (SSSR count). The fourth-order valence-corrected chi connectivity index (χ4v) is 2.77. The zero-order valence-corrected chi connectivity index (χ0v) is 12.6. The molecule has 0 saturated carbocycles. The lowest BCUT2D eigenvalue weighted by molar-refractivity contribution is -0.122. The van der Waals surface area contributed by atoms with E-state index in [-0.39, 0.29) is 30.1 Å². The quantitative estimate of drug-likeness (QED) is 0.814. The van der Waals surface area contributed by atoms with Crippen molar-refractivity contribution in [1.82, 2.24) is 9.97 Å². The van der Waals surface area contributed by atoms with Gasteiger partial charge in [0.25, 0.3) is 0 Å². The molecule has 1 aliphatic rings. The van der Waals surface area contributed by atoms with Gasteiger partial charge in [-0.05, 0) is 31.9 Å². The fourth-order valence-electron chi connectivity index (χ4n) is 2.77. The minimum absolute atomic E-state index is 0.197. The Bertz CT molecular complexity index is 708. The van der Waals surface area contributed by atoms with Crippen LogP contribution in [0.3, 0.4) is 0 Å². The molecule has 1 aromatic heterocycles. The predicted molar refractivity (Wildman–Crippen MR) is 82.3 cm³/mol. The maximum absolute atomic E-state index is 12.6. The topological polar surface area (TPSA) is 63.2 Å². The molecular formula is C17H17N3O2. The van der Waals surface area contributed by atoms with Crippen LogP contribution in [-0.2, 0) is 16.0 Å². The van der Waals surface area contributed by atoms with Crippen LogP contribution in [0.4, 0.5) is 5.95 Å². The Kier molecular flexibility index (Phi) is 3.71. The number of benzene rings is 1. The van der Waals surface area contributed by atoms with E-state index in [0.29, 0.717) is 6.42 Å². The molecule has 0 aliphatic carbocycles. The van der Waals surface area contributed by atoms with Crippen LogP contribution in [0.15, 0.2) is 36.4 Å². The van der Waals surface area contributed by atoms with Crippen LogP contribution in [0.5, 0.6) is 0 Å². The van der Waals surface area contributed by atoms with Gasteiger partial charge in [0.15, 0.2) is 0 Å². The van der Waals surface area contributed by atoms with Gasteiger partial charge in [0.05, 0.1) is 5.92 Å². The van der Waals surface area contributed by atoms with E-state index < -0.39 is 0 Å². The third-order valence-corrected chi connectivity index (χ3v) is 3.74. The summed E-state index contributed by atoms with van der Waals surface area (Å²) in [6.07, 6.45) is 0.775. The number of nitrogens with zero attached hydrogens (tertiary/aromatic N) is 3. The lowest BCUT2D eigenvalue weighted by atomic mass is 9.98. The largest absolute Gasteiger partial charge is 0.274 e.